The number of carbonyl (C=O) groups is 1. The number of carbonyl (C=O) groups excluding carboxylic acids is 1. The second-order valence-corrected chi connectivity index (χ2v) is 6.64. The largest absolute Gasteiger partial charge is 0.354 e. The minimum absolute atomic E-state index is 0.0406. The van der Waals surface area contributed by atoms with E-state index in [-0.39, 0.29) is 18.4 Å². The highest BCUT2D eigenvalue weighted by Crippen LogP contribution is 2.32. The fourth-order valence-electron chi connectivity index (χ4n) is 1.77. The normalized spacial score (nSPS) is 12.2. The van der Waals surface area contributed by atoms with Crippen LogP contribution in [0.5, 0.6) is 0 Å². The minimum Gasteiger partial charge on any atom is -0.354 e. The van der Waals surface area contributed by atoms with Crippen LogP contribution in [0.4, 0.5) is 0 Å². The number of rotatable bonds is 6. The third-order valence-electron chi connectivity index (χ3n) is 3.15. The van der Waals surface area contributed by atoms with Crippen LogP contribution in [0, 0.1) is 0 Å². The number of amides is 1. The Hall–Kier alpha value is -1.14. The molecular weight excluding hydrogens is 341 g/mol. The van der Waals surface area contributed by atoms with E-state index in [1.54, 1.807) is 12.1 Å². The molecule has 0 radical (unpaired) electrons. The summed E-state index contributed by atoms with van der Waals surface area (Å²) >= 11 is 13.5. The highest BCUT2D eigenvalue weighted by molar-refractivity contribution is 7.13. The molecule has 1 aromatic carbocycles. The van der Waals surface area contributed by atoms with Crippen LogP contribution >= 0.6 is 34.5 Å². The summed E-state index contributed by atoms with van der Waals surface area (Å²) in [7, 11) is 1.86. The molecule has 2 rings (SSSR count). The summed E-state index contributed by atoms with van der Waals surface area (Å²) in [6, 6.07) is 5.53. The maximum atomic E-state index is 11.9. The molecule has 2 aromatic rings. The van der Waals surface area contributed by atoms with Gasteiger partial charge in [0.25, 0.3) is 0 Å². The lowest BCUT2D eigenvalue weighted by molar-refractivity contribution is -0.120. The molecule has 0 bridgehead atoms. The van der Waals surface area contributed by atoms with E-state index in [0.717, 1.165) is 16.3 Å². The van der Waals surface area contributed by atoms with Crippen molar-refractivity contribution in [1.29, 1.82) is 0 Å². The zero-order chi connectivity index (χ0) is 16.1. The molecule has 1 heterocycles. The first kappa shape index (κ1) is 17.2. The molecule has 0 saturated carbocycles. The van der Waals surface area contributed by atoms with E-state index in [1.807, 2.05) is 25.4 Å². The molecule has 4 nitrogen and oxygen atoms in total. The van der Waals surface area contributed by atoms with Crippen LogP contribution in [0.1, 0.15) is 12.6 Å². The van der Waals surface area contributed by atoms with Gasteiger partial charge in [-0.15, -0.1) is 11.3 Å². The van der Waals surface area contributed by atoms with Gasteiger partial charge in [0, 0.05) is 28.6 Å². The van der Waals surface area contributed by atoms with Gasteiger partial charge in [-0.05, 0) is 32.2 Å². The zero-order valence-electron chi connectivity index (χ0n) is 12.3. The van der Waals surface area contributed by atoms with Gasteiger partial charge in [0.05, 0.1) is 17.1 Å². The lowest BCUT2D eigenvalue weighted by atomic mass is 10.2. The van der Waals surface area contributed by atoms with E-state index in [0.29, 0.717) is 16.6 Å². The lowest BCUT2D eigenvalue weighted by Crippen LogP contribution is -2.37. The number of aromatic nitrogens is 1. The monoisotopic (exact) mass is 357 g/mol. The highest BCUT2D eigenvalue weighted by Gasteiger charge is 2.12. The molecule has 1 amide bonds. The Morgan fingerprint density at radius 1 is 1.41 bits per heavy atom. The molecule has 1 aromatic heterocycles. The highest BCUT2D eigenvalue weighted by atomic mass is 35.5. The zero-order valence-corrected chi connectivity index (χ0v) is 14.6. The maximum absolute atomic E-state index is 11.9. The third-order valence-corrected chi connectivity index (χ3v) is 4.63. The molecule has 118 valence electrons. The number of nitrogens with zero attached hydrogens (tertiary/aromatic N) is 1. The summed E-state index contributed by atoms with van der Waals surface area (Å²) in [6.07, 6.45) is 0.262. The van der Waals surface area contributed by atoms with Crippen LogP contribution in [0.15, 0.2) is 23.6 Å². The topological polar surface area (TPSA) is 54.0 Å². The average Bonchev–Trinajstić information content (AvgIpc) is 2.92. The van der Waals surface area contributed by atoms with Gasteiger partial charge in [0.15, 0.2) is 0 Å². The molecule has 1 atom stereocenters. The smallest absolute Gasteiger partial charge is 0.226 e. The standard InChI is InChI=1S/C15H17Cl2N3OS/c1-9(18-2)7-19-14(21)6-11-8-22-15(20-11)12-4-3-10(16)5-13(12)17/h3-5,8-9,18H,6-7H2,1-2H3,(H,19,21). The Bertz CT molecular complexity index is 660. The molecule has 1 unspecified atom stereocenters. The third kappa shape index (κ3) is 4.68. The summed E-state index contributed by atoms with van der Waals surface area (Å²) in [5.41, 5.74) is 1.56. The van der Waals surface area contributed by atoms with Crippen molar-refractivity contribution in [3.05, 3.63) is 39.3 Å². The first-order valence-electron chi connectivity index (χ1n) is 6.83. The minimum atomic E-state index is -0.0406. The molecule has 0 saturated heterocycles. The molecular formula is C15H17Cl2N3OS. The Balaban J connectivity index is 2.01. The molecule has 7 heteroatoms. The Morgan fingerprint density at radius 2 is 2.18 bits per heavy atom. The Labute approximate surface area is 143 Å². The number of likely N-dealkylation sites (N-methyl/N-ethyl adjacent to an activating group) is 1. The number of thiazole rings is 1. The van der Waals surface area contributed by atoms with Crippen molar-refractivity contribution in [3.8, 4) is 10.6 Å². The van der Waals surface area contributed by atoms with E-state index in [2.05, 4.69) is 15.6 Å². The van der Waals surface area contributed by atoms with Crippen molar-refractivity contribution in [3.63, 3.8) is 0 Å². The van der Waals surface area contributed by atoms with Crippen molar-refractivity contribution >= 4 is 40.4 Å². The van der Waals surface area contributed by atoms with Gasteiger partial charge in [0.2, 0.25) is 5.91 Å². The predicted octanol–water partition coefficient (Wildman–Crippen LogP) is 3.38. The summed E-state index contributed by atoms with van der Waals surface area (Å²) in [4.78, 5) is 16.3. The first-order valence-corrected chi connectivity index (χ1v) is 8.47. The van der Waals surface area contributed by atoms with Crippen molar-refractivity contribution in [1.82, 2.24) is 15.6 Å². The molecule has 0 aliphatic rings. The van der Waals surface area contributed by atoms with Crippen LogP contribution in [0.3, 0.4) is 0 Å². The van der Waals surface area contributed by atoms with Crippen LogP contribution in [-0.4, -0.2) is 30.5 Å². The van der Waals surface area contributed by atoms with Gasteiger partial charge in [-0.3, -0.25) is 4.79 Å². The number of benzene rings is 1. The first-order chi connectivity index (χ1) is 10.5. The van der Waals surface area contributed by atoms with Crippen LogP contribution in [0.25, 0.3) is 10.6 Å². The van der Waals surface area contributed by atoms with Gasteiger partial charge in [-0.2, -0.15) is 0 Å². The Morgan fingerprint density at radius 3 is 2.86 bits per heavy atom. The molecule has 22 heavy (non-hydrogen) atoms. The summed E-state index contributed by atoms with van der Waals surface area (Å²) in [5, 5.41) is 9.74. The summed E-state index contributed by atoms with van der Waals surface area (Å²) in [5.74, 6) is -0.0406. The van der Waals surface area contributed by atoms with E-state index < -0.39 is 0 Å². The van der Waals surface area contributed by atoms with Crippen LogP contribution < -0.4 is 10.6 Å². The van der Waals surface area contributed by atoms with Gasteiger partial charge in [-0.25, -0.2) is 4.98 Å². The lowest BCUT2D eigenvalue weighted by Gasteiger charge is -2.10. The fourth-order valence-corrected chi connectivity index (χ4v) is 3.18. The second-order valence-electron chi connectivity index (χ2n) is 4.94. The molecule has 0 aliphatic heterocycles. The van der Waals surface area contributed by atoms with Crippen molar-refractivity contribution in [2.75, 3.05) is 13.6 Å². The van der Waals surface area contributed by atoms with Gasteiger partial charge >= 0.3 is 0 Å². The van der Waals surface area contributed by atoms with E-state index >= 15 is 0 Å². The number of halogens is 2. The quantitative estimate of drug-likeness (QED) is 0.832. The van der Waals surface area contributed by atoms with Crippen molar-refractivity contribution in [2.24, 2.45) is 0 Å². The molecule has 2 N–H and O–H groups in total. The molecule has 0 fully saturated rings. The Kier molecular flexibility index (Phi) is 6.20. The summed E-state index contributed by atoms with van der Waals surface area (Å²) < 4.78 is 0. The predicted molar refractivity (Wildman–Crippen MR) is 92.8 cm³/mol. The van der Waals surface area contributed by atoms with Gasteiger partial charge < -0.3 is 10.6 Å². The molecule has 0 spiro atoms. The number of hydrogen-bond acceptors (Lipinski definition) is 4. The van der Waals surface area contributed by atoms with Crippen molar-refractivity contribution < 1.29 is 4.79 Å². The van der Waals surface area contributed by atoms with Crippen LogP contribution in [0.2, 0.25) is 10.0 Å². The van der Waals surface area contributed by atoms with E-state index in [9.17, 15) is 4.79 Å². The number of hydrogen-bond donors (Lipinski definition) is 2. The van der Waals surface area contributed by atoms with Gasteiger partial charge in [-0.1, -0.05) is 23.2 Å². The van der Waals surface area contributed by atoms with Crippen LogP contribution in [-0.2, 0) is 11.2 Å². The summed E-state index contributed by atoms with van der Waals surface area (Å²) in [6.45, 7) is 2.60. The fraction of sp³-hybridized carbons (Fsp3) is 0.333. The average molecular weight is 358 g/mol. The second kappa shape index (κ2) is 7.92. The molecule has 0 aliphatic carbocycles. The van der Waals surface area contributed by atoms with Gasteiger partial charge in [0.1, 0.15) is 5.01 Å². The van der Waals surface area contributed by atoms with E-state index in [4.69, 9.17) is 23.2 Å². The van der Waals surface area contributed by atoms with E-state index in [1.165, 1.54) is 11.3 Å². The maximum Gasteiger partial charge on any atom is 0.226 e. The van der Waals surface area contributed by atoms with Crippen molar-refractivity contribution in [2.45, 2.75) is 19.4 Å². The number of nitrogens with one attached hydrogen (secondary N) is 2. The SMILES string of the molecule is CNC(C)CNC(=O)Cc1csc(-c2ccc(Cl)cc2Cl)n1.